The predicted octanol–water partition coefficient (Wildman–Crippen LogP) is 4.79. The zero-order valence-corrected chi connectivity index (χ0v) is 19.1. The number of nitrogens with zero attached hydrogens (tertiary/aromatic N) is 3. The number of hydroxylamine groups is 3. The van der Waals surface area contributed by atoms with E-state index in [0.29, 0.717) is 6.54 Å². The fraction of sp³-hybridized carbons (Fsp3) is 0.538. The van der Waals surface area contributed by atoms with Crippen LogP contribution >= 0.6 is 0 Å². The third kappa shape index (κ3) is 5.79. The number of benzene rings is 2. The maximum Gasteiger partial charge on any atom is 0.142 e. The molecule has 0 radical (unpaired) electrons. The van der Waals surface area contributed by atoms with Gasteiger partial charge in [-0.1, -0.05) is 36.4 Å². The first kappa shape index (κ1) is 22.1. The molecule has 2 fully saturated rings. The van der Waals surface area contributed by atoms with Crippen molar-refractivity contribution in [2.24, 2.45) is 0 Å². The van der Waals surface area contributed by atoms with Crippen molar-refractivity contribution in [3.8, 4) is 5.75 Å². The zero-order chi connectivity index (χ0) is 21.7. The summed E-state index contributed by atoms with van der Waals surface area (Å²) in [5, 5.41) is 13.1. The lowest BCUT2D eigenvalue weighted by Crippen LogP contribution is -2.47. The predicted molar refractivity (Wildman–Crippen MR) is 127 cm³/mol. The molecule has 168 valence electrons. The van der Waals surface area contributed by atoms with Gasteiger partial charge in [0.1, 0.15) is 12.3 Å². The molecule has 0 saturated carbocycles. The van der Waals surface area contributed by atoms with Gasteiger partial charge in [0, 0.05) is 38.3 Å². The minimum Gasteiger partial charge on any atom is -0.633 e. The van der Waals surface area contributed by atoms with Crippen molar-refractivity contribution in [2.45, 2.75) is 52.3 Å². The number of quaternary nitrogens is 1. The lowest BCUT2D eigenvalue weighted by atomic mass is 10.0. The fourth-order valence-electron chi connectivity index (χ4n) is 4.88. The summed E-state index contributed by atoms with van der Waals surface area (Å²) < 4.78 is 5.99. The third-order valence-corrected chi connectivity index (χ3v) is 6.54. The molecule has 2 aromatic rings. The molecular formula is C26H37N3O2. The molecule has 2 aliphatic heterocycles. The quantitative estimate of drug-likeness (QED) is 0.474. The van der Waals surface area contributed by atoms with Crippen LogP contribution in [0.3, 0.4) is 0 Å². The maximum absolute atomic E-state index is 13.1. The molecule has 4 rings (SSSR count). The van der Waals surface area contributed by atoms with Crippen molar-refractivity contribution < 1.29 is 9.38 Å². The van der Waals surface area contributed by atoms with Gasteiger partial charge < -0.3 is 19.5 Å². The second kappa shape index (κ2) is 10.0. The van der Waals surface area contributed by atoms with Crippen LogP contribution in [0.2, 0.25) is 0 Å². The molecule has 2 aliphatic rings. The molecule has 31 heavy (non-hydrogen) atoms. The molecule has 5 nitrogen and oxygen atoms in total. The Morgan fingerprint density at radius 3 is 2.23 bits per heavy atom. The molecule has 0 spiro atoms. The first-order valence-electron chi connectivity index (χ1n) is 11.9. The molecule has 0 atom stereocenters. The maximum atomic E-state index is 13.1. The summed E-state index contributed by atoms with van der Waals surface area (Å²) in [5.74, 6) is 0.974. The van der Waals surface area contributed by atoms with Crippen LogP contribution in [0.5, 0.6) is 5.75 Å². The highest BCUT2D eigenvalue weighted by Gasteiger charge is 2.24. The van der Waals surface area contributed by atoms with Crippen LogP contribution in [0, 0.1) is 5.21 Å². The van der Waals surface area contributed by atoms with E-state index in [-0.39, 0.29) is 10.8 Å². The van der Waals surface area contributed by atoms with Crippen molar-refractivity contribution in [3.05, 3.63) is 64.9 Å². The summed E-state index contributed by atoms with van der Waals surface area (Å²) >= 11 is 0. The average Bonchev–Trinajstić information content (AvgIpc) is 2.76. The highest BCUT2D eigenvalue weighted by atomic mass is 16.5. The Labute approximate surface area is 187 Å². The Balaban J connectivity index is 1.38. The van der Waals surface area contributed by atoms with E-state index < -0.39 is 0 Å². The van der Waals surface area contributed by atoms with Crippen molar-refractivity contribution in [1.29, 1.82) is 0 Å². The largest absolute Gasteiger partial charge is 0.633 e. The van der Waals surface area contributed by atoms with Gasteiger partial charge in [-0.25, -0.2) is 0 Å². The van der Waals surface area contributed by atoms with Crippen LogP contribution in [-0.2, 0) is 13.1 Å². The molecule has 0 amide bonds. The molecule has 2 heterocycles. The minimum atomic E-state index is -0.0442. The van der Waals surface area contributed by atoms with Crippen molar-refractivity contribution in [2.75, 3.05) is 44.2 Å². The zero-order valence-electron chi connectivity index (χ0n) is 19.1. The molecule has 0 aromatic heterocycles. The number of piperazine rings is 1. The highest BCUT2D eigenvalue weighted by Crippen LogP contribution is 2.30. The third-order valence-electron chi connectivity index (χ3n) is 6.54. The van der Waals surface area contributed by atoms with E-state index in [4.69, 9.17) is 4.74 Å². The Morgan fingerprint density at radius 2 is 1.52 bits per heavy atom. The number of hydrogen-bond donors (Lipinski definition) is 0. The number of likely N-dealkylation sites (tertiary alicyclic amines) is 1. The van der Waals surface area contributed by atoms with Crippen LogP contribution in [0.25, 0.3) is 0 Å². The highest BCUT2D eigenvalue weighted by molar-refractivity contribution is 5.58. The summed E-state index contributed by atoms with van der Waals surface area (Å²) in [6, 6.07) is 16.9. The fourth-order valence-corrected chi connectivity index (χ4v) is 4.88. The van der Waals surface area contributed by atoms with Crippen molar-refractivity contribution >= 4 is 5.69 Å². The van der Waals surface area contributed by atoms with Gasteiger partial charge in [0.2, 0.25) is 0 Å². The summed E-state index contributed by atoms with van der Waals surface area (Å²) in [6.45, 7) is 11.2. The van der Waals surface area contributed by atoms with Gasteiger partial charge in [0.05, 0.1) is 24.9 Å². The van der Waals surface area contributed by atoms with Gasteiger partial charge in [-0.2, -0.15) is 0 Å². The lowest BCUT2D eigenvalue weighted by molar-refractivity contribution is -0.898. The monoisotopic (exact) mass is 423 g/mol. The van der Waals surface area contributed by atoms with Crippen molar-refractivity contribution in [1.82, 2.24) is 4.90 Å². The smallest absolute Gasteiger partial charge is 0.142 e. The number of rotatable bonds is 7. The van der Waals surface area contributed by atoms with Crippen LogP contribution in [-0.4, -0.2) is 54.9 Å². The summed E-state index contributed by atoms with van der Waals surface area (Å²) in [6.07, 6.45) is 3.51. The van der Waals surface area contributed by atoms with Crippen molar-refractivity contribution in [3.63, 3.8) is 0 Å². The molecule has 0 bridgehead atoms. The number of piperidine rings is 1. The van der Waals surface area contributed by atoms with Crippen LogP contribution in [0.15, 0.2) is 48.5 Å². The molecule has 5 heteroatoms. The van der Waals surface area contributed by atoms with Gasteiger partial charge in [0.25, 0.3) is 0 Å². The summed E-state index contributed by atoms with van der Waals surface area (Å²) in [7, 11) is 0. The van der Waals surface area contributed by atoms with E-state index >= 15 is 0 Å². The Morgan fingerprint density at radius 1 is 0.871 bits per heavy atom. The van der Waals surface area contributed by atoms with Gasteiger partial charge >= 0.3 is 0 Å². The number of ether oxygens (including phenoxy) is 1. The van der Waals surface area contributed by atoms with Crippen LogP contribution in [0.1, 0.15) is 44.2 Å². The number of hydrogen-bond acceptors (Lipinski definition) is 4. The van der Waals surface area contributed by atoms with Gasteiger partial charge in [0.15, 0.2) is 0 Å². The van der Waals surface area contributed by atoms with E-state index in [1.165, 1.54) is 23.2 Å². The summed E-state index contributed by atoms with van der Waals surface area (Å²) in [5.41, 5.74) is 3.75. The molecule has 0 N–H and O–H groups in total. The first-order valence-corrected chi connectivity index (χ1v) is 11.9. The van der Waals surface area contributed by atoms with E-state index in [9.17, 15) is 5.21 Å². The molecular weight excluding hydrogens is 386 g/mol. The topological polar surface area (TPSA) is 38.8 Å². The van der Waals surface area contributed by atoms with Crippen LogP contribution < -0.4 is 9.64 Å². The molecule has 0 aliphatic carbocycles. The molecule has 2 saturated heterocycles. The number of para-hydroxylation sites is 2. The second-order valence-electron chi connectivity index (χ2n) is 9.39. The molecule has 2 aromatic carbocycles. The average molecular weight is 424 g/mol. The van der Waals surface area contributed by atoms with Gasteiger partial charge in [-0.3, -0.25) is 4.90 Å². The van der Waals surface area contributed by atoms with E-state index in [0.717, 1.165) is 64.4 Å². The van der Waals surface area contributed by atoms with E-state index in [1.807, 2.05) is 6.07 Å². The normalized spacial score (nSPS) is 19.5. The Hall–Kier alpha value is -2.08. The first-order chi connectivity index (χ1) is 15.0. The number of anilines is 1. The summed E-state index contributed by atoms with van der Waals surface area (Å²) in [4.78, 5) is 4.96. The Kier molecular flexibility index (Phi) is 7.16. The van der Waals surface area contributed by atoms with Gasteiger partial charge in [-0.05, 0) is 50.8 Å². The molecule has 0 unspecified atom stereocenters. The lowest BCUT2D eigenvalue weighted by Gasteiger charge is -2.46. The van der Waals surface area contributed by atoms with Crippen LogP contribution in [0.4, 0.5) is 5.69 Å². The van der Waals surface area contributed by atoms with E-state index in [2.05, 4.69) is 66.1 Å². The second-order valence-corrected chi connectivity index (χ2v) is 9.39. The Bertz CT molecular complexity index is 840. The van der Waals surface area contributed by atoms with E-state index in [1.54, 1.807) is 0 Å². The SMILES string of the molecule is CC(C)Oc1ccccc1N1CCN(Cc2ccccc2C[N+]2([O-])CCCCC2)CC1. The van der Waals surface area contributed by atoms with Gasteiger partial charge in [-0.15, -0.1) is 0 Å². The minimum absolute atomic E-state index is 0.0442. The standard InChI is InChI=1S/C26H37N3O2/c1-22(2)31-26-13-7-6-12-25(26)28-16-14-27(15-17-28)20-23-10-4-5-11-24(23)21-29(30)18-8-3-9-19-29/h4-7,10-13,22H,3,8-9,14-21H2,1-2H3.